The number of carbonyl (C=O) groups is 2. The molecule has 0 spiro atoms. The Morgan fingerprint density at radius 1 is 1.40 bits per heavy atom. The first-order chi connectivity index (χ1) is 11.7. The summed E-state index contributed by atoms with van der Waals surface area (Å²) in [5.41, 5.74) is -0.564. The highest BCUT2D eigenvalue weighted by atomic mass is 19.4. The molecule has 9 nitrogen and oxygen atoms in total. The number of carbonyl (C=O) groups excluding carboxylic acids is 2. The molecule has 4 atom stereocenters. The van der Waals surface area contributed by atoms with Crippen LogP contribution in [0.15, 0.2) is 17.1 Å². The molecular weight excluding hydrogens is 353 g/mol. The molecule has 0 bridgehead atoms. The van der Waals surface area contributed by atoms with Crippen LogP contribution in [0, 0.1) is 0 Å². The molecule has 3 heterocycles. The second-order valence-corrected chi connectivity index (χ2v) is 5.27. The fourth-order valence-electron chi connectivity index (χ4n) is 2.56. The summed E-state index contributed by atoms with van der Waals surface area (Å²) in [6.07, 6.45) is -8.02. The second-order valence-electron chi connectivity index (χ2n) is 5.27. The average molecular weight is 364 g/mol. The van der Waals surface area contributed by atoms with Crippen molar-refractivity contribution in [1.82, 2.24) is 9.55 Å². The SMILES string of the molecule is CC(=O)O[C@H]1[C@@H]2Oc3nc(=O)ccn3[C@@H]2O[C@@H]1COC(=O)C(F)(F)F. The molecule has 1 saturated heterocycles. The molecule has 0 N–H and O–H groups in total. The van der Waals surface area contributed by atoms with Crippen LogP contribution in [0.25, 0.3) is 0 Å². The minimum atomic E-state index is -5.16. The summed E-state index contributed by atoms with van der Waals surface area (Å²) in [5, 5.41) is 0. The summed E-state index contributed by atoms with van der Waals surface area (Å²) in [5.74, 6) is -3.12. The molecule has 0 radical (unpaired) electrons. The van der Waals surface area contributed by atoms with Crippen molar-refractivity contribution >= 4 is 11.9 Å². The highest BCUT2D eigenvalue weighted by Gasteiger charge is 2.54. The van der Waals surface area contributed by atoms with Gasteiger partial charge in [0.15, 0.2) is 18.4 Å². The van der Waals surface area contributed by atoms with Crippen LogP contribution < -0.4 is 10.3 Å². The third-order valence-corrected chi connectivity index (χ3v) is 3.52. The Labute approximate surface area is 137 Å². The van der Waals surface area contributed by atoms with Gasteiger partial charge in [0.2, 0.25) is 0 Å². The maximum atomic E-state index is 12.2. The predicted octanol–water partition coefficient (Wildman–Crippen LogP) is -0.0611. The first-order valence-corrected chi connectivity index (χ1v) is 6.99. The summed E-state index contributed by atoms with van der Waals surface area (Å²) in [7, 11) is 0. The maximum absolute atomic E-state index is 12.2. The fourth-order valence-corrected chi connectivity index (χ4v) is 2.56. The van der Waals surface area contributed by atoms with E-state index in [9.17, 15) is 27.6 Å². The molecule has 1 aromatic rings. The fraction of sp³-hybridized carbons (Fsp3) is 0.538. The molecular formula is C13H11F3N2O7. The van der Waals surface area contributed by atoms with E-state index in [4.69, 9.17) is 14.2 Å². The average Bonchev–Trinajstić information content (AvgIpc) is 2.99. The van der Waals surface area contributed by atoms with Gasteiger partial charge in [-0.15, -0.1) is 0 Å². The van der Waals surface area contributed by atoms with Gasteiger partial charge in [0.1, 0.15) is 12.7 Å². The number of alkyl halides is 3. The summed E-state index contributed by atoms with van der Waals surface area (Å²) >= 11 is 0. The molecule has 0 amide bonds. The highest BCUT2D eigenvalue weighted by Crippen LogP contribution is 2.40. The normalized spacial score (nSPS) is 27.2. The molecule has 1 aromatic heterocycles. The van der Waals surface area contributed by atoms with E-state index < -0.39 is 54.8 Å². The van der Waals surface area contributed by atoms with Gasteiger partial charge in [0.25, 0.3) is 5.56 Å². The number of halogens is 3. The van der Waals surface area contributed by atoms with Gasteiger partial charge in [0, 0.05) is 19.2 Å². The standard InChI is InChI=1S/C13H11F3N2O7/c1-5(19)23-8-6(4-22-11(21)13(14,15)16)24-10-9(8)25-12-17-7(20)2-3-18(10)12/h2-3,6,8-10H,4H2,1H3/t6-,8-,9+,10-/m1/s1. The summed E-state index contributed by atoms with van der Waals surface area (Å²) in [4.78, 5) is 37.0. The van der Waals surface area contributed by atoms with Crippen molar-refractivity contribution in [1.29, 1.82) is 0 Å². The minimum Gasteiger partial charge on any atom is -0.456 e. The van der Waals surface area contributed by atoms with E-state index in [2.05, 4.69) is 9.72 Å². The Kier molecular flexibility index (Phi) is 4.14. The van der Waals surface area contributed by atoms with Crippen LogP contribution in [0.1, 0.15) is 13.2 Å². The third kappa shape index (κ3) is 3.29. The van der Waals surface area contributed by atoms with E-state index >= 15 is 0 Å². The Morgan fingerprint density at radius 3 is 2.76 bits per heavy atom. The summed E-state index contributed by atoms with van der Waals surface area (Å²) < 4.78 is 58.1. The van der Waals surface area contributed by atoms with Gasteiger partial charge in [-0.05, 0) is 0 Å². The van der Waals surface area contributed by atoms with Crippen LogP contribution in [-0.4, -0.2) is 52.6 Å². The Morgan fingerprint density at radius 2 is 2.12 bits per heavy atom. The lowest BCUT2D eigenvalue weighted by molar-refractivity contribution is -0.204. The molecule has 0 unspecified atom stereocenters. The lowest BCUT2D eigenvalue weighted by Crippen LogP contribution is -2.40. The summed E-state index contributed by atoms with van der Waals surface area (Å²) in [6, 6.07) is 1.06. The number of fused-ring (bicyclic) bond motifs is 3. The predicted molar refractivity (Wildman–Crippen MR) is 69.4 cm³/mol. The quantitative estimate of drug-likeness (QED) is 0.687. The van der Waals surface area contributed by atoms with E-state index in [1.165, 1.54) is 10.8 Å². The zero-order valence-electron chi connectivity index (χ0n) is 12.6. The van der Waals surface area contributed by atoms with E-state index in [-0.39, 0.29) is 6.01 Å². The van der Waals surface area contributed by atoms with Gasteiger partial charge in [-0.2, -0.15) is 18.2 Å². The lowest BCUT2D eigenvalue weighted by atomic mass is 10.1. The van der Waals surface area contributed by atoms with Crippen molar-refractivity contribution in [2.24, 2.45) is 0 Å². The van der Waals surface area contributed by atoms with Gasteiger partial charge < -0.3 is 18.9 Å². The molecule has 0 saturated carbocycles. The van der Waals surface area contributed by atoms with Crippen LogP contribution in [-0.2, 0) is 23.8 Å². The molecule has 0 aromatic carbocycles. The Balaban J connectivity index is 1.78. The smallest absolute Gasteiger partial charge is 0.456 e. The largest absolute Gasteiger partial charge is 0.490 e. The number of hydrogen-bond donors (Lipinski definition) is 0. The van der Waals surface area contributed by atoms with Crippen molar-refractivity contribution < 1.29 is 41.7 Å². The monoisotopic (exact) mass is 364 g/mol. The van der Waals surface area contributed by atoms with Gasteiger partial charge in [-0.1, -0.05) is 0 Å². The van der Waals surface area contributed by atoms with Gasteiger partial charge >= 0.3 is 24.1 Å². The Bertz CT molecular complexity index is 763. The highest BCUT2D eigenvalue weighted by molar-refractivity contribution is 5.75. The van der Waals surface area contributed by atoms with Gasteiger partial charge in [-0.3, -0.25) is 14.2 Å². The zero-order chi connectivity index (χ0) is 18.4. The van der Waals surface area contributed by atoms with Crippen LogP contribution in [0.2, 0.25) is 0 Å². The third-order valence-electron chi connectivity index (χ3n) is 3.52. The topological polar surface area (TPSA) is 106 Å². The van der Waals surface area contributed by atoms with E-state index in [0.29, 0.717) is 0 Å². The zero-order valence-corrected chi connectivity index (χ0v) is 12.6. The molecule has 3 rings (SSSR count). The second kappa shape index (κ2) is 6.02. The lowest BCUT2D eigenvalue weighted by Gasteiger charge is -2.21. The molecule has 0 aliphatic carbocycles. The molecule has 2 aliphatic rings. The van der Waals surface area contributed by atoms with E-state index in [0.717, 1.165) is 13.0 Å². The van der Waals surface area contributed by atoms with Gasteiger partial charge in [-0.25, -0.2) is 4.79 Å². The maximum Gasteiger partial charge on any atom is 0.490 e. The first kappa shape index (κ1) is 17.2. The number of rotatable bonds is 3. The molecule has 12 heteroatoms. The summed E-state index contributed by atoms with van der Waals surface area (Å²) in [6.45, 7) is 0.297. The minimum absolute atomic E-state index is 0.0783. The van der Waals surface area contributed by atoms with Crippen LogP contribution >= 0.6 is 0 Å². The number of esters is 2. The first-order valence-electron chi connectivity index (χ1n) is 6.99. The molecule has 1 fully saturated rings. The van der Waals surface area contributed by atoms with Crippen LogP contribution in [0.3, 0.4) is 0 Å². The number of hydrogen-bond acceptors (Lipinski definition) is 8. The van der Waals surface area contributed by atoms with E-state index in [1.54, 1.807) is 0 Å². The molecule has 2 aliphatic heterocycles. The Hall–Kier alpha value is -2.63. The van der Waals surface area contributed by atoms with Crippen LogP contribution in [0.5, 0.6) is 6.01 Å². The van der Waals surface area contributed by atoms with Crippen molar-refractivity contribution in [3.05, 3.63) is 22.6 Å². The number of nitrogens with zero attached hydrogens (tertiary/aromatic N) is 2. The van der Waals surface area contributed by atoms with E-state index in [1.807, 2.05) is 0 Å². The van der Waals surface area contributed by atoms with Gasteiger partial charge in [0.05, 0.1) is 0 Å². The number of ether oxygens (including phenoxy) is 4. The van der Waals surface area contributed by atoms with Crippen molar-refractivity contribution in [3.63, 3.8) is 0 Å². The number of aromatic nitrogens is 2. The van der Waals surface area contributed by atoms with Crippen molar-refractivity contribution in [2.45, 2.75) is 37.6 Å². The molecule has 25 heavy (non-hydrogen) atoms. The van der Waals surface area contributed by atoms with Crippen molar-refractivity contribution in [2.75, 3.05) is 6.61 Å². The van der Waals surface area contributed by atoms with Crippen molar-refractivity contribution in [3.8, 4) is 6.01 Å². The van der Waals surface area contributed by atoms with Crippen LogP contribution in [0.4, 0.5) is 13.2 Å². The molecule has 136 valence electrons.